The normalized spacial score (nSPS) is 14.2. The van der Waals surface area contributed by atoms with Crippen LogP contribution in [-0.4, -0.2) is 36.7 Å². The SMILES string of the molecule is COC(=O)N1CCc2ccc(NC(=O)C(C)Oc3ccccc3)cc2C1. The Labute approximate surface area is 152 Å². The minimum Gasteiger partial charge on any atom is -0.481 e. The van der Waals surface area contributed by atoms with Gasteiger partial charge in [0.1, 0.15) is 5.75 Å². The number of nitrogens with zero attached hydrogens (tertiary/aromatic N) is 1. The standard InChI is InChI=1S/C20H22N2O4/c1-14(26-18-6-4-3-5-7-18)19(23)21-17-9-8-15-10-11-22(20(24)25-2)13-16(15)12-17/h3-9,12,14H,10-11,13H2,1-2H3,(H,21,23). The highest BCUT2D eigenvalue weighted by atomic mass is 16.5. The second-order valence-corrected chi connectivity index (χ2v) is 6.19. The molecule has 0 saturated carbocycles. The summed E-state index contributed by atoms with van der Waals surface area (Å²) in [6.07, 6.45) is -0.193. The van der Waals surface area contributed by atoms with Gasteiger partial charge in [-0.05, 0) is 48.7 Å². The number of carbonyl (C=O) groups excluding carboxylic acids is 2. The lowest BCUT2D eigenvalue weighted by Crippen LogP contribution is -2.36. The van der Waals surface area contributed by atoms with E-state index in [2.05, 4.69) is 5.32 Å². The number of hydrogen-bond acceptors (Lipinski definition) is 4. The van der Waals surface area contributed by atoms with Crippen LogP contribution in [0, 0.1) is 0 Å². The first-order valence-corrected chi connectivity index (χ1v) is 8.54. The number of hydrogen-bond donors (Lipinski definition) is 1. The van der Waals surface area contributed by atoms with Gasteiger partial charge in [-0.25, -0.2) is 4.79 Å². The molecule has 6 heteroatoms. The largest absolute Gasteiger partial charge is 0.481 e. The fourth-order valence-corrected chi connectivity index (χ4v) is 2.92. The van der Waals surface area contributed by atoms with Crippen molar-refractivity contribution in [2.75, 3.05) is 19.0 Å². The number of carbonyl (C=O) groups is 2. The van der Waals surface area contributed by atoms with Crippen LogP contribution in [0.15, 0.2) is 48.5 Å². The Kier molecular flexibility index (Phi) is 5.41. The van der Waals surface area contributed by atoms with Gasteiger partial charge < -0.3 is 19.7 Å². The highest BCUT2D eigenvalue weighted by Crippen LogP contribution is 2.23. The van der Waals surface area contributed by atoms with Gasteiger partial charge in [0.05, 0.1) is 7.11 Å². The molecule has 26 heavy (non-hydrogen) atoms. The predicted molar refractivity (Wildman–Crippen MR) is 98.1 cm³/mol. The second-order valence-electron chi connectivity index (χ2n) is 6.19. The van der Waals surface area contributed by atoms with E-state index in [4.69, 9.17) is 9.47 Å². The maximum atomic E-state index is 12.4. The monoisotopic (exact) mass is 354 g/mol. The molecule has 0 aliphatic carbocycles. The molecule has 1 unspecified atom stereocenters. The Morgan fingerprint density at radius 3 is 2.62 bits per heavy atom. The zero-order valence-electron chi connectivity index (χ0n) is 14.9. The molecule has 0 radical (unpaired) electrons. The highest BCUT2D eigenvalue weighted by molar-refractivity contribution is 5.94. The van der Waals surface area contributed by atoms with Crippen molar-refractivity contribution in [3.8, 4) is 5.75 Å². The quantitative estimate of drug-likeness (QED) is 0.915. The van der Waals surface area contributed by atoms with Crippen LogP contribution < -0.4 is 10.1 Å². The van der Waals surface area contributed by atoms with Crippen LogP contribution in [-0.2, 0) is 22.5 Å². The number of fused-ring (bicyclic) bond motifs is 1. The van der Waals surface area contributed by atoms with Crippen LogP contribution in [0.4, 0.5) is 10.5 Å². The number of nitrogens with one attached hydrogen (secondary N) is 1. The molecule has 1 aliphatic rings. The van der Waals surface area contributed by atoms with Crippen molar-refractivity contribution in [1.82, 2.24) is 4.90 Å². The number of rotatable bonds is 4. The van der Waals surface area contributed by atoms with Crippen molar-refractivity contribution >= 4 is 17.7 Å². The Morgan fingerprint density at radius 1 is 1.12 bits per heavy atom. The van der Waals surface area contributed by atoms with Crippen LogP contribution in [0.3, 0.4) is 0 Å². The van der Waals surface area contributed by atoms with Gasteiger partial charge in [-0.15, -0.1) is 0 Å². The van der Waals surface area contributed by atoms with Crippen molar-refractivity contribution in [2.45, 2.75) is 26.0 Å². The van der Waals surface area contributed by atoms with E-state index in [9.17, 15) is 9.59 Å². The highest BCUT2D eigenvalue weighted by Gasteiger charge is 2.22. The van der Waals surface area contributed by atoms with Crippen LogP contribution in [0.5, 0.6) is 5.75 Å². The lowest BCUT2D eigenvalue weighted by molar-refractivity contribution is -0.122. The van der Waals surface area contributed by atoms with Crippen molar-refractivity contribution in [1.29, 1.82) is 0 Å². The first-order valence-electron chi connectivity index (χ1n) is 8.54. The summed E-state index contributed by atoms with van der Waals surface area (Å²) in [4.78, 5) is 25.8. The van der Waals surface area contributed by atoms with Crippen LogP contribution >= 0.6 is 0 Å². The van der Waals surface area contributed by atoms with E-state index in [1.807, 2.05) is 48.5 Å². The Morgan fingerprint density at radius 2 is 1.88 bits per heavy atom. The third-order valence-corrected chi connectivity index (χ3v) is 4.34. The Bertz CT molecular complexity index is 792. The number of anilines is 1. The van der Waals surface area contributed by atoms with Gasteiger partial charge in [0.15, 0.2) is 6.10 Å². The first kappa shape index (κ1) is 17.8. The lowest BCUT2D eigenvalue weighted by atomic mass is 9.99. The lowest BCUT2D eigenvalue weighted by Gasteiger charge is -2.28. The molecule has 0 saturated heterocycles. The van der Waals surface area contributed by atoms with Gasteiger partial charge in [-0.2, -0.15) is 0 Å². The molecule has 3 rings (SSSR count). The maximum absolute atomic E-state index is 12.4. The van der Waals surface area contributed by atoms with Gasteiger partial charge in [-0.3, -0.25) is 4.79 Å². The maximum Gasteiger partial charge on any atom is 0.409 e. The molecule has 2 aromatic rings. The van der Waals surface area contributed by atoms with Crippen LogP contribution in [0.1, 0.15) is 18.1 Å². The summed E-state index contributed by atoms with van der Waals surface area (Å²) in [6, 6.07) is 15.0. The van der Waals surface area contributed by atoms with E-state index in [1.54, 1.807) is 11.8 Å². The van der Waals surface area contributed by atoms with E-state index in [0.717, 1.165) is 12.0 Å². The molecule has 1 aliphatic heterocycles. The number of amides is 2. The second kappa shape index (κ2) is 7.91. The molecule has 6 nitrogen and oxygen atoms in total. The van der Waals surface area contributed by atoms with Crippen LogP contribution in [0.2, 0.25) is 0 Å². The van der Waals surface area contributed by atoms with Gasteiger partial charge in [-0.1, -0.05) is 24.3 Å². The summed E-state index contributed by atoms with van der Waals surface area (Å²) in [5.74, 6) is 0.420. The molecule has 2 amide bonds. The van der Waals surface area contributed by atoms with E-state index in [1.165, 1.54) is 12.7 Å². The fourth-order valence-electron chi connectivity index (χ4n) is 2.92. The minimum absolute atomic E-state index is 0.227. The summed E-state index contributed by atoms with van der Waals surface area (Å²) in [5.41, 5.74) is 2.87. The molecule has 1 heterocycles. The Balaban J connectivity index is 1.65. The van der Waals surface area contributed by atoms with Gasteiger partial charge in [0.2, 0.25) is 0 Å². The smallest absolute Gasteiger partial charge is 0.409 e. The minimum atomic E-state index is -0.625. The average Bonchev–Trinajstić information content (AvgIpc) is 2.67. The first-order chi connectivity index (χ1) is 12.6. The van der Waals surface area contributed by atoms with Gasteiger partial charge in [0, 0.05) is 18.8 Å². The topological polar surface area (TPSA) is 67.9 Å². The molecular formula is C20H22N2O4. The zero-order valence-corrected chi connectivity index (χ0v) is 14.9. The van der Waals surface area contributed by atoms with Gasteiger partial charge >= 0.3 is 6.09 Å². The van der Waals surface area contributed by atoms with Crippen molar-refractivity contribution in [3.63, 3.8) is 0 Å². The van der Waals surface area contributed by atoms with E-state index < -0.39 is 6.10 Å². The number of ether oxygens (including phenoxy) is 2. The van der Waals surface area contributed by atoms with Crippen molar-refractivity contribution in [3.05, 3.63) is 59.7 Å². The summed E-state index contributed by atoms with van der Waals surface area (Å²) in [5, 5.41) is 2.87. The van der Waals surface area contributed by atoms with E-state index in [-0.39, 0.29) is 12.0 Å². The zero-order chi connectivity index (χ0) is 18.5. The molecule has 0 aromatic heterocycles. The molecule has 2 aromatic carbocycles. The summed E-state index contributed by atoms with van der Waals surface area (Å²) in [7, 11) is 1.38. The number of benzene rings is 2. The summed E-state index contributed by atoms with van der Waals surface area (Å²) < 4.78 is 10.4. The van der Waals surface area contributed by atoms with Crippen LogP contribution in [0.25, 0.3) is 0 Å². The third kappa shape index (κ3) is 4.14. The molecule has 0 bridgehead atoms. The molecule has 0 fully saturated rings. The van der Waals surface area contributed by atoms with E-state index >= 15 is 0 Å². The predicted octanol–water partition coefficient (Wildman–Crippen LogP) is 3.22. The molecular weight excluding hydrogens is 332 g/mol. The van der Waals surface area contributed by atoms with Crippen molar-refractivity contribution < 1.29 is 19.1 Å². The average molecular weight is 354 g/mol. The van der Waals surface area contributed by atoms with Crippen molar-refractivity contribution in [2.24, 2.45) is 0 Å². The Hall–Kier alpha value is -3.02. The molecule has 0 spiro atoms. The van der Waals surface area contributed by atoms with Gasteiger partial charge in [0.25, 0.3) is 5.91 Å². The summed E-state index contributed by atoms with van der Waals surface area (Å²) >= 11 is 0. The number of methoxy groups -OCH3 is 1. The molecule has 1 N–H and O–H groups in total. The molecule has 136 valence electrons. The van der Waals surface area contributed by atoms with E-state index in [0.29, 0.717) is 24.5 Å². The molecule has 1 atom stereocenters. The summed E-state index contributed by atoms with van der Waals surface area (Å²) in [6.45, 7) is 2.81. The fraction of sp³-hybridized carbons (Fsp3) is 0.300. The third-order valence-electron chi connectivity index (χ3n) is 4.34. The number of para-hydroxylation sites is 1.